The predicted molar refractivity (Wildman–Crippen MR) is 92.7 cm³/mol. The third-order valence-electron chi connectivity index (χ3n) is 4.22. The average molecular weight is 347 g/mol. The molecule has 0 aliphatic carbocycles. The van der Waals surface area contributed by atoms with E-state index in [1.165, 1.54) is 0 Å². The van der Waals surface area contributed by atoms with Gasteiger partial charge in [0.05, 0.1) is 29.3 Å². The fourth-order valence-corrected chi connectivity index (χ4v) is 3.96. The number of hydrogen-bond acceptors (Lipinski definition) is 5. The Kier molecular flexibility index (Phi) is 5.11. The van der Waals surface area contributed by atoms with Crippen LogP contribution in [0.3, 0.4) is 0 Å². The number of para-hydroxylation sites is 1. The maximum Gasteiger partial charge on any atom is 0.228 e. The first-order valence-corrected chi connectivity index (χ1v) is 8.76. The molecule has 2 heterocycles. The highest BCUT2D eigenvalue weighted by Gasteiger charge is 2.35. The second-order valence-electron chi connectivity index (χ2n) is 6.00. The van der Waals surface area contributed by atoms with Crippen molar-refractivity contribution in [3.63, 3.8) is 0 Å². The molecule has 1 saturated heterocycles. The number of benzene rings is 1. The van der Waals surface area contributed by atoms with Gasteiger partial charge in [-0.25, -0.2) is 4.98 Å². The largest absolute Gasteiger partial charge is 0.383 e. The molecule has 0 radical (unpaired) electrons. The molecule has 1 atom stereocenters. The number of methoxy groups -OCH3 is 1. The van der Waals surface area contributed by atoms with Gasteiger partial charge in [0.1, 0.15) is 5.01 Å². The summed E-state index contributed by atoms with van der Waals surface area (Å²) in [4.78, 5) is 32.5. The fraction of sp³-hybridized carbons (Fsp3) is 0.471. The molecule has 0 N–H and O–H groups in total. The Hall–Kier alpha value is -1.99. The van der Waals surface area contributed by atoms with Crippen LogP contribution in [0.25, 0.3) is 10.2 Å². The van der Waals surface area contributed by atoms with Gasteiger partial charge in [-0.15, -0.1) is 11.3 Å². The van der Waals surface area contributed by atoms with Crippen molar-refractivity contribution in [2.24, 2.45) is 5.92 Å². The van der Waals surface area contributed by atoms with Crippen molar-refractivity contribution in [2.45, 2.75) is 13.0 Å². The summed E-state index contributed by atoms with van der Waals surface area (Å²) in [5.74, 6) is -0.241. The monoisotopic (exact) mass is 347 g/mol. The first kappa shape index (κ1) is 16.9. The molecule has 1 aromatic heterocycles. The summed E-state index contributed by atoms with van der Waals surface area (Å²) in [7, 11) is 3.38. The van der Waals surface area contributed by atoms with E-state index in [0.717, 1.165) is 15.2 Å². The third-order valence-corrected chi connectivity index (χ3v) is 5.24. The van der Waals surface area contributed by atoms with Crippen molar-refractivity contribution in [3.05, 3.63) is 29.3 Å². The number of likely N-dealkylation sites (tertiary alicyclic amines) is 1. The Morgan fingerprint density at radius 2 is 2.25 bits per heavy atom. The third kappa shape index (κ3) is 3.57. The molecular weight excluding hydrogens is 326 g/mol. The number of nitrogens with zero attached hydrogens (tertiary/aromatic N) is 3. The highest BCUT2D eigenvalue weighted by atomic mass is 32.1. The van der Waals surface area contributed by atoms with E-state index in [1.54, 1.807) is 35.3 Å². The molecule has 6 nitrogen and oxygen atoms in total. The fourth-order valence-electron chi connectivity index (χ4n) is 2.94. The van der Waals surface area contributed by atoms with Crippen LogP contribution in [0.1, 0.15) is 11.4 Å². The van der Waals surface area contributed by atoms with Gasteiger partial charge in [-0.2, -0.15) is 0 Å². The van der Waals surface area contributed by atoms with Crippen LogP contribution in [0.4, 0.5) is 0 Å². The van der Waals surface area contributed by atoms with E-state index in [4.69, 9.17) is 4.74 Å². The lowest BCUT2D eigenvalue weighted by atomic mass is 10.1. The smallest absolute Gasteiger partial charge is 0.228 e. The van der Waals surface area contributed by atoms with Crippen LogP contribution in [0.2, 0.25) is 0 Å². The number of carbonyl (C=O) groups excluding carboxylic acids is 2. The normalized spacial score (nSPS) is 17.7. The molecule has 7 heteroatoms. The Bertz CT molecular complexity index is 713. The number of fused-ring (bicyclic) bond motifs is 1. The molecule has 1 aliphatic heterocycles. The molecule has 0 unspecified atom stereocenters. The lowest BCUT2D eigenvalue weighted by Gasteiger charge is -2.20. The summed E-state index contributed by atoms with van der Waals surface area (Å²) in [5, 5.41) is 0.910. The van der Waals surface area contributed by atoms with Gasteiger partial charge in [0.25, 0.3) is 0 Å². The lowest BCUT2D eigenvalue weighted by molar-refractivity contribution is -0.135. The Labute approximate surface area is 145 Å². The summed E-state index contributed by atoms with van der Waals surface area (Å²) in [6.07, 6.45) is 0.284. The number of rotatable bonds is 6. The van der Waals surface area contributed by atoms with Gasteiger partial charge in [0.2, 0.25) is 11.8 Å². The zero-order chi connectivity index (χ0) is 17.1. The number of aromatic nitrogens is 1. The highest BCUT2D eigenvalue weighted by Crippen LogP contribution is 2.24. The number of hydrogen-bond donors (Lipinski definition) is 0. The summed E-state index contributed by atoms with van der Waals surface area (Å²) < 4.78 is 6.13. The van der Waals surface area contributed by atoms with E-state index < -0.39 is 0 Å². The van der Waals surface area contributed by atoms with Crippen LogP contribution in [0, 0.1) is 5.92 Å². The predicted octanol–water partition coefficient (Wildman–Crippen LogP) is 1.75. The Morgan fingerprint density at radius 3 is 3.00 bits per heavy atom. The quantitative estimate of drug-likeness (QED) is 0.799. The molecule has 2 amide bonds. The van der Waals surface area contributed by atoms with Crippen LogP contribution < -0.4 is 0 Å². The average Bonchev–Trinajstić information content (AvgIpc) is 3.14. The minimum Gasteiger partial charge on any atom is -0.383 e. The summed E-state index contributed by atoms with van der Waals surface area (Å²) >= 11 is 1.60. The molecule has 1 fully saturated rings. The van der Waals surface area contributed by atoms with Crippen LogP contribution in [0.5, 0.6) is 0 Å². The molecule has 3 rings (SSSR count). The SMILES string of the molecule is COCCN1C[C@@H](C(=O)N(C)Cc2nc3ccccc3s2)CC1=O. The molecule has 1 aromatic carbocycles. The zero-order valence-electron chi connectivity index (χ0n) is 13.9. The van der Waals surface area contributed by atoms with Gasteiger partial charge >= 0.3 is 0 Å². The lowest BCUT2D eigenvalue weighted by Crippen LogP contribution is -2.35. The van der Waals surface area contributed by atoms with Gasteiger partial charge < -0.3 is 14.5 Å². The van der Waals surface area contributed by atoms with E-state index in [0.29, 0.717) is 26.2 Å². The number of ether oxygens (including phenoxy) is 1. The van der Waals surface area contributed by atoms with E-state index in [2.05, 4.69) is 4.98 Å². The minimum atomic E-state index is -0.270. The molecule has 0 spiro atoms. The maximum absolute atomic E-state index is 12.6. The molecule has 2 aromatic rings. The Balaban J connectivity index is 1.61. The molecule has 24 heavy (non-hydrogen) atoms. The maximum atomic E-state index is 12.6. The second kappa shape index (κ2) is 7.27. The number of thiazole rings is 1. The summed E-state index contributed by atoms with van der Waals surface area (Å²) in [5.41, 5.74) is 0.958. The second-order valence-corrected chi connectivity index (χ2v) is 7.12. The first-order chi connectivity index (χ1) is 11.6. The molecule has 0 saturated carbocycles. The van der Waals surface area contributed by atoms with Gasteiger partial charge in [-0.3, -0.25) is 9.59 Å². The van der Waals surface area contributed by atoms with E-state index in [-0.39, 0.29) is 24.2 Å². The summed E-state index contributed by atoms with van der Waals surface area (Å²) in [6.45, 7) is 1.99. The number of amides is 2. The first-order valence-electron chi connectivity index (χ1n) is 7.94. The van der Waals surface area contributed by atoms with Gasteiger partial charge in [-0.05, 0) is 12.1 Å². The van der Waals surface area contributed by atoms with Crippen LogP contribution in [-0.4, -0.2) is 60.5 Å². The zero-order valence-corrected chi connectivity index (χ0v) is 14.7. The van der Waals surface area contributed by atoms with E-state index in [1.807, 2.05) is 24.3 Å². The van der Waals surface area contributed by atoms with Crippen LogP contribution >= 0.6 is 11.3 Å². The van der Waals surface area contributed by atoms with Crippen molar-refractivity contribution in [1.29, 1.82) is 0 Å². The van der Waals surface area contributed by atoms with Crippen molar-refractivity contribution in [2.75, 3.05) is 33.9 Å². The van der Waals surface area contributed by atoms with E-state index >= 15 is 0 Å². The van der Waals surface area contributed by atoms with Crippen LogP contribution in [0.15, 0.2) is 24.3 Å². The molecule has 128 valence electrons. The number of carbonyl (C=O) groups is 2. The standard InChI is InChI=1S/C17H21N3O3S/c1-19(11-15-18-13-5-3-4-6-14(13)24-15)17(22)12-9-16(21)20(10-12)7-8-23-2/h3-6,12H,7-11H2,1-2H3/t12-/m0/s1. The molecule has 1 aliphatic rings. The van der Waals surface area contributed by atoms with E-state index in [9.17, 15) is 9.59 Å². The van der Waals surface area contributed by atoms with Gasteiger partial charge in [0.15, 0.2) is 0 Å². The van der Waals surface area contributed by atoms with Crippen molar-refractivity contribution < 1.29 is 14.3 Å². The minimum absolute atomic E-state index is 0.00234. The summed E-state index contributed by atoms with van der Waals surface area (Å²) in [6, 6.07) is 7.94. The van der Waals surface area contributed by atoms with Crippen molar-refractivity contribution >= 4 is 33.4 Å². The van der Waals surface area contributed by atoms with Crippen molar-refractivity contribution in [3.8, 4) is 0 Å². The Morgan fingerprint density at radius 1 is 1.46 bits per heavy atom. The molecular formula is C17H21N3O3S. The highest BCUT2D eigenvalue weighted by molar-refractivity contribution is 7.18. The van der Waals surface area contributed by atoms with Gasteiger partial charge in [-0.1, -0.05) is 12.1 Å². The van der Waals surface area contributed by atoms with Gasteiger partial charge in [0, 0.05) is 33.7 Å². The van der Waals surface area contributed by atoms with Crippen LogP contribution in [-0.2, 0) is 20.9 Å². The van der Waals surface area contributed by atoms with Crippen molar-refractivity contribution in [1.82, 2.24) is 14.8 Å². The molecule has 0 bridgehead atoms. The topological polar surface area (TPSA) is 62.7 Å².